The number of hydrogen-bond acceptors (Lipinski definition) is 7. The molecule has 1 fully saturated rings. The molecule has 0 aromatic carbocycles. The molecule has 1 saturated heterocycles. The molecule has 0 spiro atoms. The second-order valence-corrected chi connectivity index (χ2v) is 4.67. The van der Waals surface area contributed by atoms with Crippen molar-refractivity contribution in [2.75, 3.05) is 53.6 Å². The van der Waals surface area contributed by atoms with E-state index in [0.29, 0.717) is 26.3 Å². The third-order valence-corrected chi connectivity index (χ3v) is 3.35. The quantitative estimate of drug-likeness (QED) is 0.575. The zero-order valence-electron chi connectivity index (χ0n) is 12.7. The summed E-state index contributed by atoms with van der Waals surface area (Å²) < 4.78 is 14.4. The number of ether oxygens (including phenoxy) is 3. The Labute approximate surface area is 123 Å². The Balaban J connectivity index is 2.71. The highest BCUT2D eigenvalue weighted by Crippen LogP contribution is 2.07. The maximum Gasteiger partial charge on any atom is 0.319 e. The third kappa shape index (κ3) is 5.31. The molecule has 0 aliphatic carbocycles. The van der Waals surface area contributed by atoms with Gasteiger partial charge in [0.2, 0.25) is 5.91 Å². The summed E-state index contributed by atoms with van der Waals surface area (Å²) in [5, 5.41) is 0. The van der Waals surface area contributed by atoms with E-state index in [1.165, 1.54) is 19.1 Å². The van der Waals surface area contributed by atoms with Gasteiger partial charge in [0.15, 0.2) is 0 Å². The van der Waals surface area contributed by atoms with Gasteiger partial charge in [-0.1, -0.05) is 0 Å². The van der Waals surface area contributed by atoms with E-state index < -0.39 is 18.0 Å². The van der Waals surface area contributed by atoms with E-state index in [9.17, 15) is 14.4 Å². The van der Waals surface area contributed by atoms with Crippen molar-refractivity contribution in [1.82, 2.24) is 9.80 Å². The van der Waals surface area contributed by atoms with Crippen molar-refractivity contribution in [3.8, 4) is 0 Å². The molecule has 1 heterocycles. The molecule has 1 unspecified atom stereocenters. The van der Waals surface area contributed by atoms with E-state index in [1.54, 1.807) is 11.8 Å². The predicted molar refractivity (Wildman–Crippen MR) is 72.5 cm³/mol. The molecule has 1 amide bonds. The summed E-state index contributed by atoms with van der Waals surface area (Å²) in [7, 11) is 2.51. The molecule has 1 aliphatic rings. The highest BCUT2D eigenvalue weighted by Gasteiger charge is 2.30. The minimum absolute atomic E-state index is 0.147. The van der Waals surface area contributed by atoms with Crippen LogP contribution in [0.3, 0.4) is 0 Å². The normalized spacial score (nSPS) is 16.5. The number of morpholine rings is 1. The van der Waals surface area contributed by atoms with Gasteiger partial charge in [-0.2, -0.15) is 0 Å². The predicted octanol–water partition coefficient (Wildman–Crippen LogP) is -1.12. The number of carbonyl (C=O) groups is 3. The molecule has 0 radical (unpaired) electrons. The first-order chi connectivity index (χ1) is 9.99. The summed E-state index contributed by atoms with van der Waals surface area (Å²) in [6.45, 7) is 3.36. The van der Waals surface area contributed by atoms with Gasteiger partial charge in [0.25, 0.3) is 0 Å². The van der Waals surface area contributed by atoms with Crippen LogP contribution in [0, 0.1) is 0 Å². The summed E-state index contributed by atoms with van der Waals surface area (Å²) in [5.74, 6) is -1.17. The Hall–Kier alpha value is -1.67. The van der Waals surface area contributed by atoms with Crippen molar-refractivity contribution >= 4 is 17.8 Å². The van der Waals surface area contributed by atoms with Crippen molar-refractivity contribution in [3.63, 3.8) is 0 Å². The zero-order valence-corrected chi connectivity index (χ0v) is 12.7. The first-order valence-corrected chi connectivity index (χ1v) is 6.73. The van der Waals surface area contributed by atoms with Crippen molar-refractivity contribution in [2.45, 2.75) is 13.0 Å². The zero-order chi connectivity index (χ0) is 15.8. The van der Waals surface area contributed by atoms with Crippen LogP contribution in [0.1, 0.15) is 6.92 Å². The molecule has 1 rings (SSSR count). The van der Waals surface area contributed by atoms with Gasteiger partial charge in [-0.05, 0) is 6.92 Å². The Kier molecular flexibility index (Phi) is 7.10. The van der Waals surface area contributed by atoms with Gasteiger partial charge < -0.3 is 19.1 Å². The van der Waals surface area contributed by atoms with Crippen LogP contribution in [0.5, 0.6) is 0 Å². The van der Waals surface area contributed by atoms with Gasteiger partial charge in [-0.3, -0.25) is 19.3 Å². The lowest BCUT2D eigenvalue weighted by molar-refractivity contribution is -0.150. The maximum atomic E-state index is 12.4. The average Bonchev–Trinajstić information content (AvgIpc) is 2.53. The first kappa shape index (κ1) is 17.4. The Morgan fingerprint density at radius 3 is 2.00 bits per heavy atom. The van der Waals surface area contributed by atoms with Crippen LogP contribution in [0.25, 0.3) is 0 Å². The summed E-state index contributed by atoms with van der Waals surface area (Å²) in [4.78, 5) is 38.4. The standard InChI is InChI=1S/C13H22N2O6/c1-10(13(18)14-4-6-21-7-5-14)15(8-11(16)19-2)9-12(17)20-3/h10H,4-9H2,1-3H3. The fourth-order valence-electron chi connectivity index (χ4n) is 1.99. The van der Waals surface area contributed by atoms with E-state index in [1.807, 2.05) is 0 Å². The lowest BCUT2D eigenvalue weighted by atomic mass is 10.2. The van der Waals surface area contributed by atoms with E-state index in [0.717, 1.165) is 0 Å². The Morgan fingerprint density at radius 1 is 1.10 bits per heavy atom. The molecule has 1 aliphatic heterocycles. The summed E-state index contributed by atoms with van der Waals surface area (Å²) in [6.07, 6.45) is 0. The Morgan fingerprint density at radius 2 is 1.57 bits per heavy atom. The molecule has 120 valence electrons. The number of carbonyl (C=O) groups excluding carboxylic acids is 3. The van der Waals surface area contributed by atoms with Gasteiger partial charge in [-0.15, -0.1) is 0 Å². The number of esters is 2. The number of amides is 1. The molecule has 21 heavy (non-hydrogen) atoms. The Bertz CT molecular complexity index is 363. The lowest BCUT2D eigenvalue weighted by Crippen LogP contribution is -2.53. The van der Waals surface area contributed by atoms with E-state index in [4.69, 9.17) is 4.74 Å². The van der Waals surface area contributed by atoms with Crippen LogP contribution in [0.15, 0.2) is 0 Å². The molecule has 0 aromatic rings. The molecule has 8 heteroatoms. The van der Waals surface area contributed by atoms with E-state index >= 15 is 0 Å². The fourth-order valence-corrected chi connectivity index (χ4v) is 1.99. The van der Waals surface area contributed by atoms with Gasteiger partial charge in [0, 0.05) is 13.1 Å². The lowest BCUT2D eigenvalue weighted by Gasteiger charge is -2.33. The smallest absolute Gasteiger partial charge is 0.319 e. The van der Waals surface area contributed by atoms with Crippen molar-refractivity contribution in [1.29, 1.82) is 0 Å². The van der Waals surface area contributed by atoms with Gasteiger partial charge in [0.05, 0.1) is 46.6 Å². The van der Waals surface area contributed by atoms with Crippen LogP contribution in [-0.2, 0) is 28.6 Å². The van der Waals surface area contributed by atoms with Gasteiger partial charge >= 0.3 is 11.9 Å². The molecule has 0 N–H and O–H groups in total. The number of nitrogens with zero attached hydrogens (tertiary/aromatic N) is 2. The number of methoxy groups -OCH3 is 2. The van der Waals surface area contributed by atoms with Gasteiger partial charge in [0.1, 0.15) is 0 Å². The summed E-state index contributed by atoms with van der Waals surface area (Å²) >= 11 is 0. The number of rotatable bonds is 6. The highest BCUT2D eigenvalue weighted by atomic mass is 16.5. The van der Waals surface area contributed by atoms with E-state index in [-0.39, 0.29) is 19.0 Å². The third-order valence-electron chi connectivity index (χ3n) is 3.35. The molecule has 0 aromatic heterocycles. The molecular formula is C13H22N2O6. The first-order valence-electron chi connectivity index (χ1n) is 6.73. The summed E-state index contributed by atoms with van der Waals surface area (Å²) in [6, 6.07) is -0.624. The average molecular weight is 302 g/mol. The second-order valence-electron chi connectivity index (χ2n) is 4.67. The van der Waals surface area contributed by atoms with Crippen molar-refractivity contribution in [2.24, 2.45) is 0 Å². The summed E-state index contributed by atoms with van der Waals surface area (Å²) in [5.41, 5.74) is 0. The second kappa shape index (κ2) is 8.58. The number of hydrogen-bond donors (Lipinski definition) is 0. The van der Waals surface area contributed by atoms with E-state index in [2.05, 4.69) is 9.47 Å². The molecule has 8 nitrogen and oxygen atoms in total. The monoisotopic (exact) mass is 302 g/mol. The maximum absolute atomic E-state index is 12.4. The minimum atomic E-state index is -0.624. The van der Waals surface area contributed by atoms with Crippen LogP contribution in [0.4, 0.5) is 0 Å². The molecular weight excluding hydrogens is 280 g/mol. The molecule has 1 atom stereocenters. The minimum Gasteiger partial charge on any atom is -0.468 e. The van der Waals surface area contributed by atoms with Crippen LogP contribution >= 0.6 is 0 Å². The SMILES string of the molecule is COC(=O)CN(CC(=O)OC)C(C)C(=O)N1CCOCC1. The molecule has 0 bridgehead atoms. The van der Waals surface area contributed by atoms with Crippen molar-refractivity contribution in [3.05, 3.63) is 0 Å². The fraction of sp³-hybridized carbons (Fsp3) is 0.769. The largest absolute Gasteiger partial charge is 0.468 e. The topological polar surface area (TPSA) is 85.4 Å². The molecule has 0 saturated carbocycles. The van der Waals surface area contributed by atoms with Crippen LogP contribution in [-0.4, -0.2) is 87.3 Å². The van der Waals surface area contributed by atoms with Crippen molar-refractivity contribution < 1.29 is 28.6 Å². The van der Waals surface area contributed by atoms with Crippen LogP contribution in [0.2, 0.25) is 0 Å². The highest BCUT2D eigenvalue weighted by molar-refractivity contribution is 5.83. The van der Waals surface area contributed by atoms with Crippen LogP contribution < -0.4 is 0 Å². The van der Waals surface area contributed by atoms with Gasteiger partial charge in [-0.25, -0.2) is 0 Å².